The minimum atomic E-state index is 0.406. The predicted molar refractivity (Wildman–Crippen MR) is 42.8 cm³/mol. The van der Waals surface area contributed by atoms with Gasteiger partial charge in [0.15, 0.2) is 0 Å². The van der Waals surface area contributed by atoms with Crippen LogP contribution in [0.5, 0.6) is 0 Å². The van der Waals surface area contributed by atoms with E-state index in [0.717, 1.165) is 0 Å². The third kappa shape index (κ3) is 0.998. The fourth-order valence-electron chi connectivity index (χ4n) is 0.616. The van der Waals surface area contributed by atoms with Crippen LogP contribution in [0, 0.1) is 6.92 Å². The van der Waals surface area contributed by atoms with Gasteiger partial charge in [-0.15, -0.1) is 0 Å². The lowest BCUT2D eigenvalue weighted by Gasteiger charge is -2.03. The molecule has 0 bridgehead atoms. The quantitative estimate of drug-likeness (QED) is 0.595. The zero-order valence-corrected chi connectivity index (χ0v) is 6.31. The number of rotatable bonds is 0. The molecule has 1 rings (SSSR count). The monoisotopic (exact) mass is 157 g/mol. The van der Waals surface area contributed by atoms with Crippen molar-refractivity contribution < 1.29 is 0 Å². The highest BCUT2D eigenvalue weighted by atomic mass is 35.5. The predicted octanol–water partition coefficient (Wildman–Crippen LogP) is 1.21. The third-order valence-corrected chi connectivity index (χ3v) is 1.61. The molecule has 10 heavy (non-hydrogen) atoms. The molecule has 1 aromatic rings. The summed E-state index contributed by atoms with van der Waals surface area (Å²) in [7, 11) is 0. The smallest absolute Gasteiger partial charge is 0.0840 e. The lowest BCUT2D eigenvalue weighted by atomic mass is 10.3. The average Bonchev–Trinajstić information content (AvgIpc) is 1.93. The van der Waals surface area contributed by atoms with Crippen molar-refractivity contribution in [3.05, 3.63) is 16.9 Å². The molecular weight excluding hydrogens is 150 g/mol. The molecule has 0 aliphatic rings. The molecule has 1 heterocycles. The number of nitrogens with zero attached hydrogens (tertiary/aromatic N) is 1. The van der Waals surface area contributed by atoms with Crippen LogP contribution in [0.2, 0.25) is 5.02 Å². The number of pyridine rings is 1. The number of anilines is 2. The Hall–Kier alpha value is -0.960. The second-order valence-electron chi connectivity index (χ2n) is 2.02. The molecule has 0 saturated carbocycles. The summed E-state index contributed by atoms with van der Waals surface area (Å²) >= 11 is 5.62. The summed E-state index contributed by atoms with van der Waals surface area (Å²) in [5, 5.41) is 0.406. The van der Waals surface area contributed by atoms with Crippen molar-refractivity contribution in [3.8, 4) is 0 Å². The summed E-state index contributed by atoms with van der Waals surface area (Å²) < 4.78 is 0. The van der Waals surface area contributed by atoms with Gasteiger partial charge < -0.3 is 11.5 Å². The summed E-state index contributed by atoms with van der Waals surface area (Å²) in [5.41, 5.74) is 12.6. The van der Waals surface area contributed by atoms with Crippen molar-refractivity contribution in [1.82, 2.24) is 4.98 Å². The molecule has 0 amide bonds. The molecule has 0 unspecified atom stereocenters. The van der Waals surface area contributed by atoms with Crippen LogP contribution in [-0.2, 0) is 0 Å². The number of nitrogens with two attached hydrogens (primary N) is 2. The number of hydrogen-bond donors (Lipinski definition) is 2. The molecule has 4 N–H and O–H groups in total. The first kappa shape index (κ1) is 7.15. The van der Waals surface area contributed by atoms with Crippen LogP contribution in [0.1, 0.15) is 5.69 Å². The molecule has 1 aromatic heterocycles. The van der Waals surface area contributed by atoms with E-state index >= 15 is 0 Å². The van der Waals surface area contributed by atoms with Gasteiger partial charge in [-0.1, -0.05) is 11.6 Å². The molecular formula is C6H8ClN3. The molecule has 0 saturated heterocycles. The van der Waals surface area contributed by atoms with E-state index in [-0.39, 0.29) is 0 Å². The highest BCUT2D eigenvalue weighted by Gasteiger charge is 2.02. The van der Waals surface area contributed by atoms with Gasteiger partial charge in [-0.2, -0.15) is 0 Å². The van der Waals surface area contributed by atoms with E-state index in [4.69, 9.17) is 23.1 Å². The molecule has 0 atom stereocenters. The fourth-order valence-corrected chi connectivity index (χ4v) is 0.767. The topological polar surface area (TPSA) is 64.9 Å². The Morgan fingerprint density at radius 2 is 2.00 bits per heavy atom. The summed E-state index contributed by atoms with van der Waals surface area (Å²) in [4.78, 5) is 3.90. The van der Waals surface area contributed by atoms with E-state index in [0.29, 0.717) is 22.1 Å². The van der Waals surface area contributed by atoms with Gasteiger partial charge in [-0.05, 0) is 6.92 Å². The summed E-state index contributed by atoms with van der Waals surface area (Å²) in [5.74, 6) is 0. The van der Waals surface area contributed by atoms with Crippen LogP contribution in [0.15, 0.2) is 6.20 Å². The first-order chi connectivity index (χ1) is 4.63. The maximum atomic E-state index is 5.62. The van der Waals surface area contributed by atoms with Crippen LogP contribution >= 0.6 is 11.6 Å². The maximum absolute atomic E-state index is 5.62. The van der Waals surface area contributed by atoms with Gasteiger partial charge in [0.2, 0.25) is 0 Å². The number of aromatic nitrogens is 1. The van der Waals surface area contributed by atoms with Crippen LogP contribution in [0.4, 0.5) is 11.4 Å². The summed E-state index contributed by atoms with van der Waals surface area (Å²) in [6.07, 6.45) is 1.49. The lowest BCUT2D eigenvalue weighted by molar-refractivity contribution is 1.21. The van der Waals surface area contributed by atoms with Crippen molar-refractivity contribution in [1.29, 1.82) is 0 Å². The van der Waals surface area contributed by atoms with E-state index in [9.17, 15) is 0 Å². The molecule has 54 valence electrons. The number of hydrogen-bond acceptors (Lipinski definition) is 3. The SMILES string of the molecule is Cc1ncc(Cl)c(N)c1N. The first-order valence-electron chi connectivity index (χ1n) is 2.79. The Labute approximate surface area is 64.0 Å². The van der Waals surface area contributed by atoms with Crippen molar-refractivity contribution in [2.75, 3.05) is 11.5 Å². The van der Waals surface area contributed by atoms with Crippen LogP contribution in [0.25, 0.3) is 0 Å². The Morgan fingerprint density at radius 3 is 2.50 bits per heavy atom. The Balaban J connectivity index is 3.34. The molecule has 0 fully saturated rings. The van der Waals surface area contributed by atoms with E-state index in [2.05, 4.69) is 4.98 Å². The van der Waals surface area contributed by atoms with Gasteiger partial charge >= 0.3 is 0 Å². The van der Waals surface area contributed by atoms with E-state index < -0.39 is 0 Å². The van der Waals surface area contributed by atoms with Crippen molar-refractivity contribution >= 4 is 23.0 Å². The van der Waals surface area contributed by atoms with Gasteiger partial charge in [-0.3, -0.25) is 4.98 Å². The largest absolute Gasteiger partial charge is 0.396 e. The highest BCUT2D eigenvalue weighted by Crippen LogP contribution is 2.25. The lowest BCUT2D eigenvalue weighted by Crippen LogP contribution is -1.99. The molecule has 4 heteroatoms. The van der Waals surface area contributed by atoms with Gasteiger partial charge in [0.1, 0.15) is 0 Å². The number of halogens is 1. The maximum Gasteiger partial charge on any atom is 0.0840 e. The Bertz CT molecular complexity index is 232. The first-order valence-corrected chi connectivity index (χ1v) is 3.16. The Morgan fingerprint density at radius 1 is 1.40 bits per heavy atom. The normalized spacial score (nSPS) is 9.80. The molecule has 0 radical (unpaired) electrons. The minimum absolute atomic E-state index is 0.406. The van der Waals surface area contributed by atoms with E-state index in [1.807, 2.05) is 0 Å². The highest BCUT2D eigenvalue weighted by molar-refractivity contribution is 6.33. The molecule has 3 nitrogen and oxygen atoms in total. The third-order valence-electron chi connectivity index (χ3n) is 1.31. The van der Waals surface area contributed by atoms with E-state index in [1.54, 1.807) is 6.92 Å². The zero-order valence-electron chi connectivity index (χ0n) is 5.56. The van der Waals surface area contributed by atoms with Gasteiger partial charge in [0.05, 0.1) is 22.1 Å². The van der Waals surface area contributed by atoms with Crippen LogP contribution < -0.4 is 11.5 Å². The van der Waals surface area contributed by atoms with E-state index in [1.165, 1.54) is 6.20 Å². The van der Waals surface area contributed by atoms with Gasteiger partial charge in [-0.25, -0.2) is 0 Å². The van der Waals surface area contributed by atoms with Crippen LogP contribution in [-0.4, -0.2) is 4.98 Å². The van der Waals surface area contributed by atoms with Gasteiger partial charge in [0.25, 0.3) is 0 Å². The molecule has 0 aromatic carbocycles. The minimum Gasteiger partial charge on any atom is -0.396 e. The van der Waals surface area contributed by atoms with Crippen LogP contribution in [0.3, 0.4) is 0 Å². The number of nitrogen functional groups attached to an aromatic ring is 2. The van der Waals surface area contributed by atoms with Crippen molar-refractivity contribution in [3.63, 3.8) is 0 Å². The standard InChI is InChI=1S/C6H8ClN3/c1-3-5(8)6(9)4(7)2-10-3/h2H,8H2,1H3,(H2,9,10). The zero-order chi connectivity index (χ0) is 7.72. The Kier molecular flexibility index (Phi) is 1.68. The molecule has 0 aliphatic carbocycles. The molecule has 0 spiro atoms. The second kappa shape index (κ2) is 2.34. The van der Waals surface area contributed by atoms with Gasteiger partial charge in [0, 0.05) is 6.20 Å². The number of aryl methyl sites for hydroxylation is 1. The van der Waals surface area contributed by atoms with Crippen molar-refractivity contribution in [2.45, 2.75) is 6.92 Å². The second-order valence-corrected chi connectivity index (χ2v) is 2.43. The summed E-state index contributed by atoms with van der Waals surface area (Å²) in [6, 6.07) is 0. The summed E-state index contributed by atoms with van der Waals surface area (Å²) in [6.45, 7) is 1.78. The molecule has 0 aliphatic heterocycles. The van der Waals surface area contributed by atoms with Crippen molar-refractivity contribution in [2.24, 2.45) is 0 Å². The fraction of sp³-hybridized carbons (Fsp3) is 0.167. The average molecular weight is 158 g/mol.